The van der Waals surface area contributed by atoms with E-state index in [0.29, 0.717) is 42.9 Å². The molecule has 138 valence electrons. The predicted molar refractivity (Wildman–Crippen MR) is 92.6 cm³/mol. The van der Waals surface area contributed by atoms with E-state index in [-0.39, 0.29) is 12.6 Å². The average Bonchev–Trinajstić information content (AvgIpc) is 2.54. The monoisotopic (exact) mass is 370 g/mol. The second kappa shape index (κ2) is 8.23. The first-order valence-electron chi connectivity index (χ1n) is 8.33. The summed E-state index contributed by atoms with van der Waals surface area (Å²) in [6.45, 7) is 4.58. The minimum Gasteiger partial charge on any atom is -0.486 e. The van der Waals surface area contributed by atoms with Crippen molar-refractivity contribution in [1.82, 2.24) is 9.80 Å². The van der Waals surface area contributed by atoms with Gasteiger partial charge in [0.1, 0.15) is 13.2 Å². The van der Waals surface area contributed by atoms with Crippen LogP contribution in [0, 0.1) is 0 Å². The van der Waals surface area contributed by atoms with Crippen LogP contribution in [-0.2, 0) is 16.1 Å². The average molecular weight is 371 g/mol. The summed E-state index contributed by atoms with van der Waals surface area (Å²) < 4.78 is 16.9. The fourth-order valence-corrected chi connectivity index (χ4v) is 3.48. The molecule has 1 saturated heterocycles. The van der Waals surface area contributed by atoms with Gasteiger partial charge in [-0.2, -0.15) is 0 Å². The number of carboxylic acids is 1. The Balaban J connectivity index is 1.59. The van der Waals surface area contributed by atoms with Gasteiger partial charge in [-0.05, 0) is 24.7 Å². The number of carbonyl (C=O) groups is 1. The number of benzene rings is 1. The summed E-state index contributed by atoms with van der Waals surface area (Å²) in [6, 6.07) is 3.89. The summed E-state index contributed by atoms with van der Waals surface area (Å²) in [6.07, 6.45) is -0.00853. The molecule has 2 aliphatic rings. The van der Waals surface area contributed by atoms with E-state index in [2.05, 4.69) is 4.90 Å². The maximum Gasteiger partial charge on any atom is 0.317 e. The SMILES string of the molecule is CN(CC(=O)O)CC1CN(Cc2cc(Cl)c3c(c2)OCCO3)CCO1. The number of carboxylic acid groups (broad SMARTS) is 1. The fraction of sp³-hybridized carbons (Fsp3) is 0.588. The van der Waals surface area contributed by atoms with Gasteiger partial charge in [-0.1, -0.05) is 11.6 Å². The number of hydrogen-bond donors (Lipinski definition) is 1. The first-order chi connectivity index (χ1) is 12.0. The molecule has 1 aromatic carbocycles. The molecule has 0 spiro atoms. The number of fused-ring (bicyclic) bond motifs is 1. The lowest BCUT2D eigenvalue weighted by Crippen LogP contribution is -2.47. The van der Waals surface area contributed by atoms with Crippen molar-refractivity contribution in [1.29, 1.82) is 0 Å². The molecular formula is C17H23ClN2O5. The molecule has 2 heterocycles. The van der Waals surface area contributed by atoms with Gasteiger partial charge in [0.15, 0.2) is 11.5 Å². The molecule has 1 unspecified atom stereocenters. The molecule has 0 amide bonds. The number of nitrogens with zero attached hydrogens (tertiary/aromatic N) is 2. The maximum atomic E-state index is 10.8. The molecule has 0 aromatic heterocycles. The summed E-state index contributed by atoms with van der Waals surface area (Å²) in [5, 5.41) is 9.42. The van der Waals surface area contributed by atoms with Crippen LogP contribution in [0.2, 0.25) is 5.02 Å². The van der Waals surface area contributed by atoms with Crippen molar-refractivity contribution in [2.75, 3.05) is 53.0 Å². The lowest BCUT2D eigenvalue weighted by molar-refractivity contribution is -0.138. The van der Waals surface area contributed by atoms with Gasteiger partial charge >= 0.3 is 5.97 Å². The molecule has 1 aromatic rings. The minimum atomic E-state index is -0.832. The van der Waals surface area contributed by atoms with Gasteiger partial charge in [0.25, 0.3) is 0 Å². The van der Waals surface area contributed by atoms with Crippen LogP contribution in [0.15, 0.2) is 12.1 Å². The molecule has 0 radical (unpaired) electrons. The summed E-state index contributed by atoms with van der Waals surface area (Å²) in [4.78, 5) is 14.8. The quantitative estimate of drug-likeness (QED) is 0.809. The minimum absolute atomic E-state index is 0.00853. The highest BCUT2D eigenvalue weighted by Crippen LogP contribution is 2.38. The Labute approximate surface area is 152 Å². The standard InChI is InChI=1S/C17H23ClN2O5/c1-19(11-16(21)22)9-13-10-20(2-3-23-13)8-12-6-14(18)17-15(7-12)24-4-5-25-17/h6-7,13H,2-5,8-11H2,1H3,(H,21,22). The van der Waals surface area contributed by atoms with Gasteiger partial charge in [-0.15, -0.1) is 0 Å². The van der Waals surface area contributed by atoms with E-state index in [1.165, 1.54) is 0 Å². The van der Waals surface area contributed by atoms with Crippen LogP contribution >= 0.6 is 11.6 Å². The van der Waals surface area contributed by atoms with Crippen molar-refractivity contribution in [3.8, 4) is 11.5 Å². The first-order valence-corrected chi connectivity index (χ1v) is 8.71. The fourth-order valence-electron chi connectivity index (χ4n) is 3.19. The van der Waals surface area contributed by atoms with Crippen molar-refractivity contribution in [3.63, 3.8) is 0 Å². The van der Waals surface area contributed by atoms with Crippen LogP contribution in [0.4, 0.5) is 0 Å². The highest BCUT2D eigenvalue weighted by Gasteiger charge is 2.24. The van der Waals surface area contributed by atoms with Gasteiger partial charge in [0.05, 0.1) is 24.3 Å². The Kier molecular flexibility index (Phi) is 6.01. The lowest BCUT2D eigenvalue weighted by atomic mass is 10.1. The topological polar surface area (TPSA) is 71.5 Å². The normalized spacial score (nSPS) is 20.7. The second-order valence-corrected chi connectivity index (χ2v) is 6.83. The molecular weight excluding hydrogens is 348 g/mol. The number of likely N-dealkylation sites (N-methyl/N-ethyl adjacent to an activating group) is 1. The van der Waals surface area contributed by atoms with Crippen LogP contribution in [0.25, 0.3) is 0 Å². The van der Waals surface area contributed by atoms with E-state index >= 15 is 0 Å². The number of ether oxygens (including phenoxy) is 3. The van der Waals surface area contributed by atoms with Crippen LogP contribution in [-0.4, -0.2) is 80.0 Å². The Bertz CT molecular complexity index is 627. The molecule has 0 aliphatic carbocycles. The Morgan fingerprint density at radius 2 is 2.16 bits per heavy atom. The lowest BCUT2D eigenvalue weighted by Gasteiger charge is -2.34. The van der Waals surface area contributed by atoms with Crippen LogP contribution in [0.3, 0.4) is 0 Å². The smallest absolute Gasteiger partial charge is 0.317 e. The van der Waals surface area contributed by atoms with Crippen molar-refractivity contribution in [2.24, 2.45) is 0 Å². The van der Waals surface area contributed by atoms with Gasteiger partial charge in [-0.3, -0.25) is 14.6 Å². The summed E-state index contributed by atoms with van der Waals surface area (Å²) in [5.74, 6) is 0.479. The van der Waals surface area contributed by atoms with E-state index in [1.807, 2.05) is 12.1 Å². The van der Waals surface area contributed by atoms with Gasteiger partial charge in [0, 0.05) is 26.2 Å². The number of morpholine rings is 1. The third-order valence-electron chi connectivity index (χ3n) is 4.21. The van der Waals surface area contributed by atoms with E-state index in [9.17, 15) is 4.79 Å². The maximum absolute atomic E-state index is 10.8. The van der Waals surface area contributed by atoms with E-state index in [0.717, 1.165) is 25.2 Å². The molecule has 0 saturated carbocycles. The molecule has 25 heavy (non-hydrogen) atoms. The highest BCUT2D eigenvalue weighted by atomic mass is 35.5. The third-order valence-corrected chi connectivity index (χ3v) is 4.49. The van der Waals surface area contributed by atoms with Crippen molar-refractivity contribution in [3.05, 3.63) is 22.7 Å². The molecule has 1 atom stereocenters. The molecule has 0 bridgehead atoms. The molecule has 1 N–H and O–H groups in total. The summed E-state index contributed by atoms with van der Waals surface area (Å²) in [5.41, 5.74) is 1.06. The number of hydrogen-bond acceptors (Lipinski definition) is 6. The van der Waals surface area contributed by atoms with Crippen LogP contribution in [0.5, 0.6) is 11.5 Å². The molecule has 8 heteroatoms. The Hall–Kier alpha value is -1.54. The summed E-state index contributed by atoms with van der Waals surface area (Å²) in [7, 11) is 1.79. The molecule has 7 nitrogen and oxygen atoms in total. The Morgan fingerprint density at radius 1 is 1.36 bits per heavy atom. The number of halogens is 1. The van der Waals surface area contributed by atoms with Crippen LogP contribution in [0.1, 0.15) is 5.56 Å². The highest BCUT2D eigenvalue weighted by molar-refractivity contribution is 6.32. The van der Waals surface area contributed by atoms with Gasteiger partial charge in [-0.25, -0.2) is 0 Å². The largest absolute Gasteiger partial charge is 0.486 e. The summed E-state index contributed by atoms with van der Waals surface area (Å²) >= 11 is 6.30. The van der Waals surface area contributed by atoms with Crippen molar-refractivity contribution in [2.45, 2.75) is 12.6 Å². The van der Waals surface area contributed by atoms with E-state index in [1.54, 1.807) is 11.9 Å². The van der Waals surface area contributed by atoms with Crippen LogP contribution < -0.4 is 9.47 Å². The third kappa shape index (κ3) is 4.98. The number of aliphatic carboxylic acids is 1. The van der Waals surface area contributed by atoms with Crippen molar-refractivity contribution < 1.29 is 24.1 Å². The first kappa shape index (κ1) is 18.3. The second-order valence-electron chi connectivity index (χ2n) is 6.42. The zero-order chi connectivity index (χ0) is 17.8. The van der Waals surface area contributed by atoms with E-state index < -0.39 is 5.97 Å². The molecule has 2 aliphatic heterocycles. The van der Waals surface area contributed by atoms with E-state index in [4.69, 9.17) is 30.9 Å². The zero-order valence-electron chi connectivity index (χ0n) is 14.2. The molecule has 1 fully saturated rings. The predicted octanol–water partition coefficient (Wildman–Crippen LogP) is 1.33. The van der Waals surface area contributed by atoms with Gasteiger partial charge < -0.3 is 19.3 Å². The van der Waals surface area contributed by atoms with Crippen molar-refractivity contribution >= 4 is 17.6 Å². The Morgan fingerprint density at radius 3 is 2.96 bits per heavy atom. The molecule has 3 rings (SSSR count). The zero-order valence-corrected chi connectivity index (χ0v) is 15.0. The number of rotatable bonds is 6. The van der Waals surface area contributed by atoms with Gasteiger partial charge in [0.2, 0.25) is 0 Å².